The molecule has 0 spiro atoms. The molecule has 0 aliphatic carbocycles. The SMILES string of the molecule is COc1c(NC(=O)c2ccc(Cl)c(Oc3ccnc(CNCCN(C)C)n3)c2)cc(C(C)(C)C)cc1NS(C)(=O)=O. The van der Waals surface area contributed by atoms with Crippen molar-refractivity contribution in [2.24, 2.45) is 0 Å². The molecule has 3 rings (SSSR count). The van der Waals surface area contributed by atoms with Crippen LogP contribution in [0.4, 0.5) is 11.4 Å². The molecule has 3 aromatic rings. The van der Waals surface area contributed by atoms with Crippen molar-refractivity contribution in [3.8, 4) is 17.4 Å². The second-order valence-corrected chi connectivity index (χ2v) is 12.9. The minimum absolute atomic E-state index is 0.176. The van der Waals surface area contributed by atoms with Gasteiger partial charge in [-0.15, -0.1) is 0 Å². The zero-order valence-electron chi connectivity index (χ0n) is 24.3. The van der Waals surface area contributed by atoms with Crippen molar-refractivity contribution in [3.05, 3.63) is 64.6 Å². The van der Waals surface area contributed by atoms with Crippen molar-refractivity contribution in [1.29, 1.82) is 0 Å². The van der Waals surface area contributed by atoms with Gasteiger partial charge in [0.1, 0.15) is 11.6 Å². The van der Waals surface area contributed by atoms with Gasteiger partial charge in [0.25, 0.3) is 5.91 Å². The van der Waals surface area contributed by atoms with Crippen LogP contribution in [0.5, 0.6) is 17.4 Å². The molecule has 11 nitrogen and oxygen atoms in total. The Kier molecular flexibility index (Phi) is 10.5. The summed E-state index contributed by atoms with van der Waals surface area (Å²) in [6.45, 7) is 8.05. The Labute approximate surface area is 246 Å². The number of likely N-dealkylation sites (N-methyl/N-ethyl adjacent to an activating group) is 1. The summed E-state index contributed by atoms with van der Waals surface area (Å²) in [6, 6.07) is 9.66. The zero-order valence-corrected chi connectivity index (χ0v) is 25.9. The second-order valence-electron chi connectivity index (χ2n) is 10.7. The predicted molar refractivity (Wildman–Crippen MR) is 162 cm³/mol. The number of methoxy groups -OCH3 is 1. The highest BCUT2D eigenvalue weighted by molar-refractivity contribution is 7.92. The van der Waals surface area contributed by atoms with Crippen molar-refractivity contribution in [2.45, 2.75) is 32.7 Å². The van der Waals surface area contributed by atoms with E-state index >= 15 is 0 Å². The van der Waals surface area contributed by atoms with E-state index in [-0.39, 0.29) is 39.1 Å². The first kappa shape index (κ1) is 32.1. The van der Waals surface area contributed by atoms with E-state index in [0.29, 0.717) is 18.1 Å². The lowest BCUT2D eigenvalue weighted by Crippen LogP contribution is -2.26. The number of hydrogen-bond acceptors (Lipinski definition) is 9. The Morgan fingerprint density at radius 2 is 1.80 bits per heavy atom. The molecule has 0 bridgehead atoms. The van der Waals surface area contributed by atoms with Crippen LogP contribution < -0.4 is 24.8 Å². The number of nitrogens with zero attached hydrogens (tertiary/aromatic N) is 3. The molecule has 0 radical (unpaired) electrons. The quantitative estimate of drug-likeness (QED) is 0.255. The Morgan fingerprint density at radius 3 is 2.44 bits per heavy atom. The van der Waals surface area contributed by atoms with Crippen molar-refractivity contribution in [2.75, 3.05) is 50.6 Å². The highest BCUT2D eigenvalue weighted by atomic mass is 35.5. The van der Waals surface area contributed by atoms with Gasteiger partial charge in [-0.25, -0.2) is 13.4 Å². The minimum atomic E-state index is -3.61. The Balaban J connectivity index is 1.86. The third kappa shape index (κ3) is 9.56. The number of carbonyl (C=O) groups excluding carboxylic acids is 1. The molecule has 0 atom stereocenters. The molecule has 0 aliphatic heterocycles. The van der Waals surface area contributed by atoms with Crippen LogP contribution in [-0.4, -0.2) is 69.7 Å². The lowest BCUT2D eigenvalue weighted by Gasteiger charge is -2.24. The first-order chi connectivity index (χ1) is 19.2. The van der Waals surface area contributed by atoms with Gasteiger partial charge in [0.15, 0.2) is 5.75 Å². The van der Waals surface area contributed by atoms with Crippen LogP contribution in [0.2, 0.25) is 5.02 Å². The molecule has 13 heteroatoms. The summed E-state index contributed by atoms with van der Waals surface area (Å²) < 4.78 is 37.9. The monoisotopic (exact) mass is 604 g/mol. The Hall–Kier alpha value is -3.45. The summed E-state index contributed by atoms with van der Waals surface area (Å²) in [5.74, 6) is 0.763. The van der Waals surface area contributed by atoms with Gasteiger partial charge in [-0.1, -0.05) is 32.4 Å². The van der Waals surface area contributed by atoms with Gasteiger partial charge in [-0.2, -0.15) is 4.98 Å². The molecule has 222 valence electrons. The first-order valence-electron chi connectivity index (χ1n) is 12.8. The van der Waals surface area contributed by atoms with E-state index in [1.54, 1.807) is 36.5 Å². The molecule has 2 aromatic carbocycles. The maximum Gasteiger partial charge on any atom is 0.255 e. The number of sulfonamides is 1. The van der Waals surface area contributed by atoms with Crippen LogP contribution in [0, 0.1) is 0 Å². The molecule has 0 unspecified atom stereocenters. The van der Waals surface area contributed by atoms with Crippen molar-refractivity contribution in [1.82, 2.24) is 20.2 Å². The molecule has 1 aromatic heterocycles. The smallest absolute Gasteiger partial charge is 0.255 e. The number of ether oxygens (including phenoxy) is 2. The number of rotatable bonds is 12. The van der Waals surface area contributed by atoms with Gasteiger partial charge in [-0.05, 0) is 55.4 Å². The summed E-state index contributed by atoms with van der Waals surface area (Å²) >= 11 is 6.38. The van der Waals surface area contributed by atoms with E-state index in [9.17, 15) is 13.2 Å². The van der Waals surface area contributed by atoms with Crippen LogP contribution in [0.3, 0.4) is 0 Å². The molecule has 0 aliphatic rings. The average molecular weight is 605 g/mol. The fraction of sp³-hybridized carbons (Fsp3) is 0.393. The lowest BCUT2D eigenvalue weighted by atomic mass is 9.86. The van der Waals surface area contributed by atoms with Crippen LogP contribution in [-0.2, 0) is 22.0 Å². The van der Waals surface area contributed by atoms with Gasteiger partial charge in [0, 0.05) is 30.9 Å². The zero-order chi connectivity index (χ0) is 30.4. The molecule has 41 heavy (non-hydrogen) atoms. The van der Waals surface area contributed by atoms with E-state index in [2.05, 4.69) is 30.2 Å². The third-order valence-corrected chi connectivity index (χ3v) is 6.71. The predicted octanol–water partition coefficient (Wildman–Crippen LogP) is 4.50. The van der Waals surface area contributed by atoms with Gasteiger partial charge in [-0.3, -0.25) is 9.52 Å². The molecular formula is C28H37ClN6O5S. The molecule has 1 heterocycles. The van der Waals surface area contributed by atoms with Crippen LogP contribution in [0.1, 0.15) is 42.5 Å². The maximum atomic E-state index is 13.4. The normalized spacial score (nSPS) is 11.8. The summed E-state index contributed by atoms with van der Waals surface area (Å²) in [5, 5.41) is 6.40. The summed E-state index contributed by atoms with van der Waals surface area (Å²) in [7, 11) is 1.78. The molecule has 0 fully saturated rings. The number of aromatic nitrogens is 2. The highest BCUT2D eigenvalue weighted by Crippen LogP contribution is 2.39. The number of benzene rings is 2. The van der Waals surface area contributed by atoms with E-state index in [0.717, 1.165) is 24.9 Å². The fourth-order valence-corrected chi connectivity index (χ4v) is 4.41. The lowest BCUT2D eigenvalue weighted by molar-refractivity contribution is 0.102. The van der Waals surface area contributed by atoms with Crippen LogP contribution >= 0.6 is 11.6 Å². The first-order valence-corrected chi connectivity index (χ1v) is 15.1. The second kappa shape index (κ2) is 13.5. The van der Waals surface area contributed by atoms with Gasteiger partial charge in [0.2, 0.25) is 15.9 Å². The van der Waals surface area contributed by atoms with E-state index in [1.165, 1.54) is 13.2 Å². The van der Waals surface area contributed by atoms with Gasteiger partial charge < -0.3 is 25.0 Å². The topological polar surface area (TPSA) is 135 Å². The van der Waals surface area contributed by atoms with Crippen LogP contribution in [0.25, 0.3) is 0 Å². The molecule has 0 saturated carbocycles. The van der Waals surface area contributed by atoms with E-state index < -0.39 is 15.9 Å². The Bertz CT molecular complexity index is 1490. The van der Waals surface area contributed by atoms with E-state index in [1.807, 2.05) is 34.9 Å². The molecule has 3 N–H and O–H groups in total. The molecule has 0 saturated heterocycles. The molecule has 1 amide bonds. The third-order valence-electron chi connectivity index (χ3n) is 5.81. The maximum absolute atomic E-state index is 13.4. The largest absolute Gasteiger partial charge is 0.492 e. The number of hydrogen-bond donors (Lipinski definition) is 3. The number of amides is 1. The van der Waals surface area contributed by atoms with Gasteiger partial charge >= 0.3 is 0 Å². The van der Waals surface area contributed by atoms with E-state index in [4.69, 9.17) is 21.1 Å². The Morgan fingerprint density at radius 1 is 1.10 bits per heavy atom. The number of anilines is 2. The van der Waals surface area contributed by atoms with Gasteiger partial charge in [0.05, 0.1) is 36.3 Å². The summed E-state index contributed by atoms with van der Waals surface area (Å²) in [6.07, 6.45) is 2.64. The number of carbonyl (C=O) groups is 1. The number of halogens is 1. The van der Waals surface area contributed by atoms with Crippen LogP contribution in [0.15, 0.2) is 42.6 Å². The fourth-order valence-electron chi connectivity index (χ4n) is 3.71. The standard InChI is InChI=1S/C28H37ClN6O5S/c1-28(2,3)19-15-21(26(39-6)22(16-19)34-41(7,37)38)32-27(36)18-8-9-20(29)23(14-18)40-25-10-11-31-24(33-25)17-30-12-13-35(4)5/h8-11,14-16,30,34H,12-13,17H2,1-7H3,(H,32,36). The van der Waals surface area contributed by atoms with Crippen molar-refractivity contribution >= 4 is 38.9 Å². The average Bonchev–Trinajstić information content (AvgIpc) is 2.86. The highest BCUT2D eigenvalue weighted by Gasteiger charge is 2.23. The van der Waals surface area contributed by atoms with Crippen molar-refractivity contribution in [3.63, 3.8) is 0 Å². The summed E-state index contributed by atoms with van der Waals surface area (Å²) in [5.41, 5.74) is 1.21. The summed E-state index contributed by atoms with van der Waals surface area (Å²) in [4.78, 5) is 24.1. The molecular weight excluding hydrogens is 568 g/mol. The van der Waals surface area contributed by atoms with Crippen molar-refractivity contribution < 1.29 is 22.7 Å². The number of nitrogens with one attached hydrogen (secondary N) is 3. The minimum Gasteiger partial charge on any atom is -0.492 e.